The van der Waals surface area contributed by atoms with Gasteiger partial charge in [0.05, 0.1) is 5.38 Å². The minimum atomic E-state index is -0.747. The largest absolute Gasteiger partial charge is 0.313 e. The first-order valence-electron chi connectivity index (χ1n) is 5.03. The van der Waals surface area contributed by atoms with Crippen molar-refractivity contribution in [2.24, 2.45) is 0 Å². The molecule has 2 atom stereocenters. The zero-order valence-electron chi connectivity index (χ0n) is 8.54. The number of hydrogen-bond donors (Lipinski definition) is 1. The number of benzene rings is 1. The molecular formula is C10H12ClN3O2. The molecule has 1 heterocycles. The van der Waals surface area contributed by atoms with Crippen molar-refractivity contribution in [2.45, 2.75) is 18.0 Å². The lowest BCUT2D eigenvalue weighted by Gasteiger charge is -2.19. The minimum Gasteiger partial charge on any atom is -0.313 e. The average molecular weight is 242 g/mol. The van der Waals surface area contributed by atoms with Crippen molar-refractivity contribution in [1.82, 2.24) is 5.01 Å². The SMILES string of the molecule is O=[N+]([O-])C1CC(Cl)CN1Nc1ccccc1. The normalized spacial score (nSPS) is 25.6. The second kappa shape index (κ2) is 4.67. The van der Waals surface area contributed by atoms with Crippen LogP contribution in [-0.2, 0) is 0 Å². The number of rotatable bonds is 3. The van der Waals surface area contributed by atoms with E-state index >= 15 is 0 Å². The van der Waals surface area contributed by atoms with Crippen LogP contribution in [0, 0.1) is 10.1 Å². The number of para-hydroxylation sites is 1. The highest BCUT2D eigenvalue weighted by Crippen LogP contribution is 2.23. The summed E-state index contributed by atoms with van der Waals surface area (Å²) in [6.45, 7) is 0.474. The summed E-state index contributed by atoms with van der Waals surface area (Å²) in [5, 5.41) is 12.2. The molecule has 2 unspecified atom stereocenters. The van der Waals surface area contributed by atoms with Gasteiger partial charge in [-0.1, -0.05) is 18.2 Å². The van der Waals surface area contributed by atoms with Crippen LogP contribution < -0.4 is 5.43 Å². The Labute approximate surface area is 98.1 Å². The van der Waals surface area contributed by atoms with E-state index in [-0.39, 0.29) is 10.3 Å². The predicted octanol–water partition coefficient (Wildman–Crippen LogP) is 1.93. The van der Waals surface area contributed by atoms with Crippen molar-refractivity contribution in [3.8, 4) is 0 Å². The molecule has 1 N–H and O–H groups in total. The van der Waals surface area contributed by atoms with Crippen molar-refractivity contribution in [2.75, 3.05) is 12.0 Å². The van der Waals surface area contributed by atoms with E-state index in [1.807, 2.05) is 30.3 Å². The van der Waals surface area contributed by atoms with Crippen LogP contribution in [0.25, 0.3) is 0 Å². The molecule has 0 bridgehead atoms. The van der Waals surface area contributed by atoms with Gasteiger partial charge in [0.2, 0.25) is 0 Å². The van der Waals surface area contributed by atoms with Gasteiger partial charge in [-0.3, -0.25) is 10.1 Å². The van der Waals surface area contributed by atoms with Crippen molar-refractivity contribution >= 4 is 17.3 Å². The molecule has 0 spiro atoms. The van der Waals surface area contributed by atoms with E-state index in [0.717, 1.165) is 5.69 Å². The lowest BCUT2D eigenvalue weighted by Crippen LogP contribution is -2.39. The summed E-state index contributed by atoms with van der Waals surface area (Å²) in [5.74, 6) is 0. The maximum Gasteiger partial charge on any atom is 0.285 e. The Bertz CT molecular complexity index is 374. The van der Waals surface area contributed by atoms with Crippen LogP contribution in [0.5, 0.6) is 0 Å². The van der Waals surface area contributed by atoms with Gasteiger partial charge in [0, 0.05) is 23.6 Å². The topological polar surface area (TPSA) is 58.4 Å². The van der Waals surface area contributed by atoms with Gasteiger partial charge in [-0.25, -0.2) is 0 Å². The Hall–Kier alpha value is -1.33. The number of nitro groups is 1. The zero-order valence-corrected chi connectivity index (χ0v) is 9.30. The summed E-state index contributed by atoms with van der Waals surface area (Å²) in [5.41, 5.74) is 3.84. The van der Waals surface area contributed by atoms with E-state index in [9.17, 15) is 10.1 Å². The molecule has 1 fully saturated rings. The molecule has 0 radical (unpaired) electrons. The predicted molar refractivity (Wildman–Crippen MR) is 61.8 cm³/mol. The minimum absolute atomic E-state index is 0.174. The van der Waals surface area contributed by atoms with Crippen molar-refractivity contribution < 1.29 is 4.92 Å². The first-order valence-corrected chi connectivity index (χ1v) is 5.46. The van der Waals surface area contributed by atoms with Crippen LogP contribution in [-0.4, -0.2) is 28.0 Å². The molecule has 1 aromatic rings. The highest BCUT2D eigenvalue weighted by molar-refractivity contribution is 6.21. The van der Waals surface area contributed by atoms with E-state index in [2.05, 4.69) is 5.43 Å². The van der Waals surface area contributed by atoms with Gasteiger partial charge < -0.3 is 5.43 Å². The standard InChI is InChI=1S/C10H12ClN3O2/c11-8-6-10(14(15)16)13(7-8)12-9-4-2-1-3-5-9/h1-5,8,10,12H,6-7H2. The molecular weight excluding hydrogens is 230 g/mol. The van der Waals surface area contributed by atoms with E-state index in [4.69, 9.17) is 11.6 Å². The van der Waals surface area contributed by atoms with E-state index in [1.165, 1.54) is 0 Å². The molecule has 1 aromatic carbocycles. The maximum atomic E-state index is 10.8. The van der Waals surface area contributed by atoms with Crippen LogP contribution in [0.15, 0.2) is 30.3 Å². The summed E-state index contributed by atoms with van der Waals surface area (Å²) in [6, 6.07) is 9.36. The molecule has 5 nitrogen and oxygen atoms in total. The summed E-state index contributed by atoms with van der Waals surface area (Å²) in [4.78, 5) is 10.5. The summed E-state index contributed by atoms with van der Waals surface area (Å²) in [6.07, 6.45) is -0.378. The van der Waals surface area contributed by atoms with Gasteiger partial charge in [0.15, 0.2) is 0 Å². The van der Waals surface area contributed by atoms with Crippen LogP contribution in [0.1, 0.15) is 6.42 Å². The fourth-order valence-corrected chi connectivity index (χ4v) is 2.07. The Morgan fingerprint density at radius 3 is 2.75 bits per heavy atom. The molecule has 0 aromatic heterocycles. The Morgan fingerprint density at radius 1 is 1.44 bits per heavy atom. The molecule has 1 aliphatic heterocycles. The van der Waals surface area contributed by atoms with Crippen LogP contribution in [0.2, 0.25) is 0 Å². The van der Waals surface area contributed by atoms with Crippen LogP contribution >= 0.6 is 11.6 Å². The van der Waals surface area contributed by atoms with Gasteiger partial charge in [-0.15, -0.1) is 11.6 Å². The molecule has 1 saturated heterocycles. The molecule has 0 aliphatic carbocycles. The van der Waals surface area contributed by atoms with Crippen molar-refractivity contribution in [3.63, 3.8) is 0 Å². The molecule has 1 aliphatic rings. The highest BCUT2D eigenvalue weighted by Gasteiger charge is 2.39. The van der Waals surface area contributed by atoms with Gasteiger partial charge in [0.25, 0.3) is 6.17 Å². The molecule has 6 heteroatoms. The van der Waals surface area contributed by atoms with Crippen LogP contribution in [0.3, 0.4) is 0 Å². The van der Waals surface area contributed by atoms with Gasteiger partial charge in [-0.05, 0) is 12.1 Å². The smallest absolute Gasteiger partial charge is 0.285 e. The summed E-state index contributed by atoms with van der Waals surface area (Å²) in [7, 11) is 0. The van der Waals surface area contributed by atoms with Crippen molar-refractivity contribution in [1.29, 1.82) is 0 Å². The molecule has 0 amide bonds. The molecule has 0 saturated carbocycles. The number of nitrogens with zero attached hydrogens (tertiary/aromatic N) is 2. The Kier molecular flexibility index (Phi) is 3.26. The molecule has 2 rings (SSSR count). The first-order chi connectivity index (χ1) is 7.66. The Morgan fingerprint density at radius 2 is 2.12 bits per heavy atom. The maximum absolute atomic E-state index is 10.8. The second-order valence-corrected chi connectivity index (χ2v) is 4.35. The third-order valence-corrected chi connectivity index (χ3v) is 2.83. The fourth-order valence-electron chi connectivity index (χ4n) is 1.76. The second-order valence-electron chi connectivity index (χ2n) is 3.73. The number of halogens is 1. The summed E-state index contributed by atoms with van der Waals surface area (Å²) < 4.78 is 0. The highest BCUT2D eigenvalue weighted by atomic mass is 35.5. The number of anilines is 1. The third kappa shape index (κ3) is 2.43. The van der Waals surface area contributed by atoms with E-state index in [1.54, 1.807) is 5.01 Å². The van der Waals surface area contributed by atoms with E-state index < -0.39 is 6.17 Å². The van der Waals surface area contributed by atoms with Crippen molar-refractivity contribution in [3.05, 3.63) is 40.4 Å². The number of nitrogens with one attached hydrogen (secondary N) is 1. The quantitative estimate of drug-likeness (QED) is 0.499. The molecule has 16 heavy (non-hydrogen) atoms. The number of alkyl halides is 1. The molecule has 86 valence electrons. The third-order valence-electron chi connectivity index (χ3n) is 2.51. The lowest BCUT2D eigenvalue weighted by molar-refractivity contribution is -0.544. The van der Waals surface area contributed by atoms with Gasteiger partial charge in [0.1, 0.15) is 0 Å². The average Bonchev–Trinajstić information content (AvgIpc) is 2.61. The monoisotopic (exact) mass is 241 g/mol. The first kappa shape index (κ1) is 11.2. The Balaban J connectivity index is 2.06. The zero-order chi connectivity index (χ0) is 11.5. The van der Waals surface area contributed by atoms with E-state index in [0.29, 0.717) is 13.0 Å². The lowest BCUT2D eigenvalue weighted by atomic mass is 10.3. The van der Waals surface area contributed by atoms with Gasteiger partial charge in [-0.2, -0.15) is 5.01 Å². The fraction of sp³-hybridized carbons (Fsp3) is 0.400. The summed E-state index contributed by atoms with van der Waals surface area (Å²) >= 11 is 5.93. The number of hydrogen-bond acceptors (Lipinski definition) is 4. The van der Waals surface area contributed by atoms with Gasteiger partial charge >= 0.3 is 0 Å². The van der Waals surface area contributed by atoms with Crippen LogP contribution in [0.4, 0.5) is 5.69 Å². The number of hydrazine groups is 1.